The lowest BCUT2D eigenvalue weighted by molar-refractivity contribution is 0.124. The summed E-state index contributed by atoms with van der Waals surface area (Å²) in [6, 6.07) is 0.887. The molecule has 4 rings (SSSR count). The van der Waals surface area contributed by atoms with Crippen LogP contribution in [0.1, 0.15) is 90.4 Å². The second-order valence-corrected chi connectivity index (χ2v) is 9.99. The first-order chi connectivity index (χ1) is 16.2. The lowest BCUT2D eigenvalue weighted by Gasteiger charge is -2.37. The lowest BCUT2D eigenvalue weighted by Crippen LogP contribution is -2.40. The fourth-order valence-corrected chi connectivity index (χ4v) is 5.60. The van der Waals surface area contributed by atoms with Crippen molar-refractivity contribution in [2.75, 3.05) is 25.4 Å². The highest BCUT2D eigenvalue weighted by Crippen LogP contribution is 2.28. The predicted octanol–water partition coefficient (Wildman–Crippen LogP) is 4.49. The fourth-order valence-electron chi connectivity index (χ4n) is 5.60. The minimum Gasteiger partial charge on any atom is -0.463 e. The Hall–Kier alpha value is -2.09. The van der Waals surface area contributed by atoms with Crippen LogP contribution in [-0.4, -0.2) is 50.2 Å². The molecule has 1 unspecified atom stereocenters. The van der Waals surface area contributed by atoms with Gasteiger partial charge in [0.1, 0.15) is 5.52 Å². The fraction of sp³-hybridized carbons (Fsp3) is 0.800. The largest absolute Gasteiger partial charge is 0.463 e. The molecule has 0 amide bonds. The first-order valence-corrected chi connectivity index (χ1v) is 13.3. The normalized spacial score (nSPS) is 20.5. The van der Waals surface area contributed by atoms with Gasteiger partial charge in [0.05, 0.1) is 6.61 Å². The van der Waals surface area contributed by atoms with E-state index < -0.39 is 0 Å². The number of fused-ring (bicyclic) bond motifs is 1. The maximum Gasteiger partial charge on any atom is 0.327 e. The number of piperidine rings is 1. The summed E-state index contributed by atoms with van der Waals surface area (Å²) in [7, 11) is 0. The maximum atomic E-state index is 12.6. The monoisotopic (exact) mass is 458 g/mol. The molecule has 2 fully saturated rings. The highest BCUT2D eigenvalue weighted by Gasteiger charge is 2.24. The maximum absolute atomic E-state index is 12.6. The van der Waals surface area contributed by atoms with Gasteiger partial charge in [0, 0.05) is 12.6 Å². The van der Waals surface area contributed by atoms with Crippen molar-refractivity contribution in [3.05, 3.63) is 10.5 Å². The lowest BCUT2D eigenvalue weighted by atomic mass is 9.86. The molecule has 33 heavy (non-hydrogen) atoms. The Labute approximate surface area is 197 Å². The minimum atomic E-state index is -0.172. The van der Waals surface area contributed by atoms with Crippen LogP contribution in [0.2, 0.25) is 0 Å². The summed E-state index contributed by atoms with van der Waals surface area (Å²) in [5, 5.41) is 0. The molecule has 1 saturated carbocycles. The number of aromatic amines is 1. The Kier molecular flexibility index (Phi) is 8.64. The molecule has 3 heterocycles. The van der Waals surface area contributed by atoms with Crippen LogP contribution >= 0.6 is 0 Å². The number of unbranched alkanes of at least 4 members (excludes halogenated alkanes) is 1. The number of H-pyrrole nitrogens is 1. The zero-order valence-electron chi connectivity index (χ0n) is 20.4. The van der Waals surface area contributed by atoms with Crippen molar-refractivity contribution >= 4 is 17.0 Å². The molecule has 1 aliphatic heterocycles. The molecule has 1 saturated heterocycles. The van der Waals surface area contributed by atoms with Crippen LogP contribution < -0.4 is 16.2 Å². The molecular formula is C25H42N6O2. The quantitative estimate of drug-likeness (QED) is 0.481. The third-order valence-electron chi connectivity index (χ3n) is 7.58. The van der Waals surface area contributed by atoms with Crippen molar-refractivity contribution in [3.63, 3.8) is 0 Å². The minimum absolute atomic E-state index is 0.172. The summed E-state index contributed by atoms with van der Waals surface area (Å²) in [5.74, 6) is 1.20. The molecule has 1 atom stereocenters. The third-order valence-corrected chi connectivity index (χ3v) is 7.58. The first kappa shape index (κ1) is 24.0. The van der Waals surface area contributed by atoms with Crippen LogP contribution in [-0.2, 0) is 6.54 Å². The number of aromatic nitrogens is 4. The summed E-state index contributed by atoms with van der Waals surface area (Å²) < 4.78 is 7.36. The van der Waals surface area contributed by atoms with E-state index in [1.165, 1.54) is 70.9 Å². The first-order valence-electron chi connectivity index (χ1n) is 13.3. The average molecular weight is 459 g/mol. The molecule has 184 valence electrons. The summed E-state index contributed by atoms with van der Waals surface area (Å²) >= 11 is 0. The molecule has 0 aromatic carbocycles. The van der Waals surface area contributed by atoms with E-state index in [1.54, 1.807) is 4.57 Å². The summed E-state index contributed by atoms with van der Waals surface area (Å²) in [4.78, 5) is 26.9. The Morgan fingerprint density at radius 2 is 1.85 bits per heavy atom. The summed E-state index contributed by atoms with van der Waals surface area (Å²) in [6.45, 7) is 5.76. The van der Waals surface area contributed by atoms with Crippen molar-refractivity contribution in [1.29, 1.82) is 0 Å². The van der Waals surface area contributed by atoms with Crippen LogP contribution in [0.15, 0.2) is 4.79 Å². The third kappa shape index (κ3) is 6.28. The Morgan fingerprint density at radius 1 is 1.03 bits per heavy atom. The predicted molar refractivity (Wildman–Crippen MR) is 133 cm³/mol. The van der Waals surface area contributed by atoms with Crippen LogP contribution in [0.4, 0.5) is 5.82 Å². The van der Waals surface area contributed by atoms with Gasteiger partial charge >= 0.3 is 11.7 Å². The second-order valence-electron chi connectivity index (χ2n) is 9.99. The van der Waals surface area contributed by atoms with Crippen molar-refractivity contribution in [2.45, 2.75) is 103 Å². The number of rotatable bonds is 11. The number of aryl methyl sites for hydroxylation is 1. The number of likely N-dealkylation sites (tertiary alicyclic amines) is 1. The van der Waals surface area contributed by atoms with Crippen LogP contribution in [0, 0.1) is 5.92 Å². The van der Waals surface area contributed by atoms with Gasteiger partial charge in [0.15, 0.2) is 11.5 Å². The van der Waals surface area contributed by atoms with Crippen molar-refractivity contribution in [2.24, 2.45) is 5.92 Å². The topological polar surface area (TPSA) is 102 Å². The van der Waals surface area contributed by atoms with E-state index in [-0.39, 0.29) is 17.5 Å². The second kappa shape index (κ2) is 11.9. The van der Waals surface area contributed by atoms with Gasteiger partial charge < -0.3 is 20.4 Å². The van der Waals surface area contributed by atoms with Crippen LogP contribution in [0.25, 0.3) is 11.2 Å². The molecule has 3 N–H and O–H groups in total. The van der Waals surface area contributed by atoms with Crippen molar-refractivity contribution in [3.8, 4) is 6.01 Å². The number of anilines is 1. The SMILES string of the molecule is CCCCOc1nc(N)c2[nH]c(=O)n(CCCC3CCCCN3CCC3CCCCC3)c2n1. The summed E-state index contributed by atoms with van der Waals surface area (Å²) in [6.07, 6.45) is 16.4. The molecule has 1 aliphatic carbocycles. The number of nitrogen functional groups attached to an aromatic ring is 1. The molecule has 2 aromatic heterocycles. The van der Waals surface area contributed by atoms with E-state index in [2.05, 4.69) is 26.8 Å². The number of imidazole rings is 1. The van der Waals surface area contributed by atoms with Gasteiger partial charge in [-0.3, -0.25) is 4.57 Å². The molecule has 8 nitrogen and oxygen atoms in total. The van der Waals surface area contributed by atoms with E-state index in [9.17, 15) is 4.79 Å². The number of ether oxygens (including phenoxy) is 1. The van der Waals surface area contributed by atoms with Gasteiger partial charge in [-0.25, -0.2) is 4.79 Å². The zero-order valence-corrected chi connectivity index (χ0v) is 20.4. The van der Waals surface area contributed by atoms with E-state index in [1.807, 2.05) is 0 Å². The molecule has 2 aromatic rings. The highest BCUT2D eigenvalue weighted by molar-refractivity contribution is 5.81. The van der Waals surface area contributed by atoms with Crippen LogP contribution in [0.3, 0.4) is 0 Å². The molecule has 0 radical (unpaired) electrons. The molecule has 2 aliphatic rings. The van der Waals surface area contributed by atoms with Crippen molar-refractivity contribution < 1.29 is 4.74 Å². The molecular weight excluding hydrogens is 416 g/mol. The van der Waals surface area contributed by atoms with E-state index in [4.69, 9.17) is 10.5 Å². The number of hydrogen-bond donors (Lipinski definition) is 2. The number of nitrogens with one attached hydrogen (secondary N) is 1. The van der Waals surface area contributed by atoms with Gasteiger partial charge in [-0.2, -0.15) is 9.97 Å². The van der Waals surface area contributed by atoms with Crippen molar-refractivity contribution in [1.82, 2.24) is 24.4 Å². The zero-order chi connectivity index (χ0) is 23.0. The van der Waals surface area contributed by atoms with Gasteiger partial charge in [0.25, 0.3) is 0 Å². The molecule has 0 spiro atoms. The smallest absolute Gasteiger partial charge is 0.327 e. The Morgan fingerprint density at radius 3 is 2.67 bits per heavy atom. The van der Waals surface area contributed by atoms with Gasteiger partial charge in [-0.05, 0) is 57.5 Å². The van der Waals surface area contributed by atoms with E-state index >= 15 is 0 Å². The van der Waals surface area contributed by atoms with Crippen LogP contribution in [0.5, 0.6) is 6.01 Å². The number of nitrogens with zero attached hydrogens (tertiary/aromatic N) is 4. The Bertz CT molecular complexity index is 933. The molecule has 0 bridgehead atoms. The van der Waals surface area contributed by atoms with Gasteiger partial charge in [0.2, 0.25) is 0 Å². The summed E-state index contributed by atoms with van der Waals surface area (Å²) in [5.41, 5.74) is 6.97. The molecule has 8 heteroatoms. The Balaban J connectivity index is 1.35. The highest BCUT2D eigenvalue weighted by atomic mass is 16.5. The number of nitrogens with two attached hydrogens (primary N) is 1. The van der Waals surface area contributed by atoms with E-state index in [0.717, 1.165) is 31.6 Å². The standard InChI is InChI=1S/C25H42N6O2/c1-2-3-18-33-24-28-22(26)21-23(29-24)31(25(32)27-21)16-9-13-20-12-7-8-15-30(20)17-14-19-10-5-4-6-11-19/h19-20H,2-18H2,1H3,(H,27,32)(H2,26,28,29). The van der Waals surface area contributed by atoms with Gasteiger partial charge in [-0.1, -0.05) is 51.9 Å². The van der Waals surface area contributed by atoms with Gasteiger partial charge in [-0.15, -0.1) is 0 Å². The number of hydrogen-bond acceptors (Lipinski definition) is 6. The van der Waals surface area contributed by atoms with E-state index in [0.29, 0.717) is 30.4 Å². The average Bonchev–Trinajstić information content (AvgIpc) is 3.15.